The van der Waals surface area contributed by atoms with E-state index in [-0.39, 0.29) is 24.2 Å². The van der Waals surface area contributed by atoms with Gasteiger partial charge in [0.2, 0.25) is 11.7 Å². The van der Waals surface area contributed by atoms with Crippen LogP contribution in [0.25, 0.3) is 0 Å². The van der Waals surface area contributed by atoms with Crippen LogP contribution >= 0.6 is 0 Å². The van der Waals surface area contributed by atoms with E-state index in [0.717, 1.165) is 19.7 Å². The molecule has 6 heteroatoms. The largest absolute Gasteiger partial charge is 0.367 e. The Hall–Kier alpha value is -1.27. The molecule has 1 aromatic rings. The molecule has 2 fully saturated rings. The van der Waals surface area contributed by atoms with Crippen LogP contribution in [0.4, 0.5) is 0 Å². The van der Waals surface area contributed by atoms with Gasteiger partial charge >= 0.3 is 0 Å². The third-order valence-electron chi connectivity index (χ3n) is 4.13. The number of nitrogens with zero attached hydrogens (tertiary/aromatic N) is 3. The van der Waals surface area contributed by atoms with Crippen molar-refractivity contribution in [1.29, 1.82) is 0 Å². The average Bonchev–Trinajstić information content (AvgIpc) is 3.05. The molecule has 0 saturated carbocycles. The highest BCUT2D eigenvalue weighted by Crippen LogP contribution is 2.28. The number of ketones is 1. The highest BCUT2D eigenvalue weighted by atomic mass is 16.5. The number of rotatable bonds is 4. The number of hydrogen-bond donors (Lipinski definition) is 0. The van der Waals surface area contributed by atoms with Crippen molar-refractivity contribution in [3.63, 3.8) is 0 Å². The molecular formula is C14H21N3O3. The van der Waals surface area contributed by atoms with Crippen LogP contribution in [0.1, 0.15) is 44.5 Å². The van der Waals surface area contributed by atoms with Crippen molar-refractivity contribution in [3.8, 4) is 0 Å². The first kappa shape index (κ1) is 13.7. The van der Waals surface area contributed by atoms with E-state index in [1.807, 2.05) is 13.8 Å². The lowest BCUT2D eigenvalue weighted by atomic mass is 10.1. The number of carbonyl (C=O) groups excluding carboxylic acids is 1. The number of carbonyl (C=O) groups is 1. The average molecular weight is 279 g/mol. The maximum absolute atomic E-state index is 11.7. The van der Waals surface area contributed by atoms with Crippen molar-refractivity contribution < 1.29 is 14.1 Å². The Morgan fingerprint density at radius 3 is 3.15 bits per heavy atom. The van der Waals surface area contributed by atoms with Gasteiger partial charge in [0.1, 0.15) is 11.9 Å². The van der Waals surface area contributed by atoms with Crippen molar-refractivity contribution in [3.05, 3.63) is 11.7 Å². The van der Waals surface area contributed by atoms with Crippen LogP contribution in [-0.2, 0) is 16.0 Å². The smallest absolute Gasteiger partial charge is 0.234 e. The van der Waals surface area contributed by atoms with Gasteiger partial charge in [-0.3, -0.25) is 9.69 Å². The molecule has 0 spiro atoms. The summed E-state index contributed by atoms with van der Waals surface area (Å²) >= 11 is 0. The fourth-order valence-corrected chi connectivity index (χ4v) is 2.80. The second-order valence-electron chi connectivity index (χ2n) is 5.96. The van der Waals surface area contributed by atoms with Crippen LogP contribution in [0.2, 0.25) is 0 Å². The summed E-state index contributed by atoms with van der Waals surface area (Å²) in [4.78, 5) is 18.4. The molecule has 110 valence electrons. The molecule has 0 radical (unpaired) electrons. The molecule has 0 aromatic carbocycles. The fourth-order valence-electron chi connectivity index (χ4n) is 2.80. The molecule has 6 nitrogen and oxygen atoms in total. The predicted molar refractivity (Wildman–Crippen MR) is 71.1 cm³/mol. The summed E-state index contributed by atoms with van der Waals surface area (Å²) in [6, 6.07) is 0.556. The molecule has 2 aliphatic rings. The van der Waals surface area contributed by atoms with Crippen molar-refractivity contribution in [2.24, 2.45) is 5.92 Å². The van der Waals surface area contributed by atoms with E-state index < -0.39 is 0 Å². The summed E-state index contributed by atoms with van der Waals surface area (Å²) in [6.45, 7) is 6.43. The summed E-state index contributed by atoms with van der Waals surface area (Å²) < 4.78 is 11.0. The lowest BCUT2D eigenvalue weighted by Crippen LogP contribution is -2.42. The van der Waals surface area contributed by atoms with Gasteiger partial charge in [-0.1, -0.05) is 19.0 Å². The Morgan fingerprint density at radius 2 is 2.35 bits per heavy atom. The second-order valence-corrected chi connectivity index (χ2v) is 5.96. The fraction of sp³-hybridized carbons (Fsp3) is 0.786. The first-order valence-corrected chi connectivity index (χ1v) is 7.34. The Morgan fingerprint density at radius 1 is 1.50 bits per heavy atom. The molecular weight excluding hydrogens is 258 g/mol. The number of aromatic nitrogens is 2. The maximum Gasteiger partial charge on any atom is 0.234 e. The van der Waals surface area contributed by atoms with Gasteiger partial charge in [0.25, 0.3) is 0 Å². The minimum absolute atomic E-state index is 0.0124. The molecule has 1 aromatic heterocycles. The molecule has 0 amide bonds. The molecule has 2 unspecified atom stereocenters. The van der Waals surface area contributed by atoms with E-state index >= 15 is 0 Å². The molecule has 2 aliphatic heterocycles. The summed E-state index contributed by atoms with van der Waals surface area (Å²) in [5.74, 6) is 1.07. The lowest BCUT2D eigenvalue weighted by molar-refractivity contribution is -0.121. The van der Waals surface area contributed by atoms with Gasteiger partial charge in [0.05, 0.1) is 13.0 Å². The first-order chi connectivity index (χ1) is 9.63. The van der Waals surface area contributed by atoms with Gasteiger partial charge in [-0.25, -0.2) is 0 Å². The van der Waals surface area contributed by atoms with Crippen LogP contribution in [0.3, 0.4) is 0 Å². The topological polar surface area (TPSA) is 68.5 Å². The summed E-state index contributed by atoms with van der Waals surface area (Å²) in [5.41, 5.74) is 0. The zero-order valence-corrected chi connectivity index (χ0v) is 12.0. The molecule has 0 aliphatic carbocycles. The number of fused-ring (bicyclic) bond motifs is 1. The number of morpholine rings is 1. The first-order valence-electron chi connectivity index (χ1n) is 7.34. The van der Waals surface area contributed by atoms with E-state index in [2.05, 4.69) is 15.0 Å². The van der Waals surface area contributed by atoms with E-state index in [1.54, 1.807) is 0 Å². The van der Waals surface area contributed by atoms with Crippen LogP contribution in [0.15, 0.2) is 4.52 Å². The van der Waals surface area contributed by atoms with Crippen LogP contribution in [-0.4, -0.2) is 46.6 Å². The third kappa shape index (κ3) is 2.76. The molecule has 0 N–H and O–H groups in total. The third-order valence-corrected chi connectivity index (χ3v) is 4.13. The van der Waals surface area contributed by atoms with Crippen LogP contribution in [0.5, 0.6) is 0 Å². The van der Waals surface area contributed by atoms with E-state index in [1.165, 1.54) is 12.8 Å². The monoisotopic (exact) mass is 279 g/mol. The van der Waals surface area contributed by atoms with Crippen molar-refractivity contribution in [1.82, 2.24) is 15.0 Å². The number of hydrogen-bond acceptors (Lipinski definition) is 6. The maximum atomic E-state index is 11.7. The molecule has 3 rings (SSSR count). The van der Waals surface area contributed by atoms with Gasteiger partial charge < -0.3 is 9.26 Å². The second kappa shape index (κ2) is 5.61. The van der Waals surface area contributed by atoms with E-state index in [0.29, 0.717) is 17.8 Å². The lowest BCUT2D eigenvalue weighted by Gasteiger charge is -2.33. The van der Waals surface area contributed by atoms with Gasteiger partial charge in [-0.2, -0.15) is 4.98 Å². The number of ether oxygens (including phenoxy) is 1. The minimum atomic E-state index is -0.129. The predicted octanol–water partition coefficient (Wildman–Crippen LogP) is 1.37. The standard InChI is InChI=1S/C14H21N3O3/c1-9(2)11(18)6-13-15-14(16-20-13)12-7-17-5-3-4-10(17)8-19-12/h9-10,12H,3-8H2,1-2H3. The quantitative estimate of drug-likeness (QED) is 0.829. The van der Waals surface area contributed by atoms with Gasteiger partial charge in [0, 0.05) is 18.5 Å². The van der Waals surface area contributed by atoms with Gasteiger partial charge in [0.15, 0.2) is 0 Å². The Labute approximate surface area is 118 Å². The van der Waals surface area contributed by atoms with Crippen molar-refractivity contribution in [2.75, 3.05) is 19.7 Å². The Kier molecular flexibility index (Phi) is 3.85. The van der Waals surface area contributed by atoms with Gasteiger partial charge in [-0.15, -0.1) is 0 Å². The highest BCUT2D eigenvalue weighted by Gasteiger charge is 2.34. The Balaban J connectivity index is 1.63. The van der Waals surface area contributed by atoms with Crippen LogP contribution in [0, 0.1) is 5.92 Å². The Bertz CT molecular complexity index is 486. The molecule has 20 heavy (non-hydrogen) atoms. The van der Waals surface area contributed by atoms with E-state index in [4.69, 9.17) is 9.26 Å². The highest BCUT2D eigenvalue weighted by molar-refractivity contribution is 5.81. The zero-order valence-electron chi connectivity index (χ0n) is 12.0. The van der Waals surface area contributed by atoms with Crippen molar-refractivity contribution >= 4 is 5.78 Å². The molecule has 2 atom stereocenters. The zero-order chi connectivity index (χ0) is 14.1. The summed E-state index contributed by atoms with van der Waals surface area (Å²) in [7, 11) is 0. The SMILES string of the molecule is CC(C)C(=O)Cc1nc(C2CN3CCCC3CO2)no1. The molecule has 3 heterocycles. The molecule has 0 bridgehead atoms. The van der Waals surface area contributed by atoms with Gasteiger partial charge in [-0.05, 0) is 19.4 Å². The normalized spacial score (nSPS) is 26.9. The minimum Gasteiger partial charge on any atom is -0.367 e. The number of Topliss-reactive ketones (excluding diaryl/α,β-unsaturated/α-hetero) is 1. The molecule has 2 saturated heterocycles. The summed E-state index contributed by atoms with van der Waals surface area (Å²) in [6.07, 6.45) is 2.54. The van der Waals surface area contributed by atoms with Crippen molar-refractivity contribution in [2.45, 2.75) is 45.3 Å². The summed E-state index contributed by atoms with van der Waals surface area (Å²) in [5, 5.41) is 3.98. The van der Waals surface area contributed by atoms with Crippen LogP contribution < -0.4 is 0 Å². The van der Waals surface area contributed by atoms with E-state index in [9.17, 15) is 4.79 Å².